The topological polar surface area (TPSA) is 54.4 Å². The predicted octanol–water partition coefficient (Wildman–Crippen LogP) is 1.13. The summed E-state index contributed by atoms with van der Waals surface area (Å²) in [5, 5.41) is 0. The quantitative estimate of drug-likeness (QED) is 0.718. The van der Waals surface area contributed by atoms with Crippen molar-refractivity contribution >= 4 is 10.1 Å². The van der Waals surface area contributed by atoms with E-state index in [0.29, 0.717) is 0 Å². The van der Waals surface area contributed by atoms with Gasteiger partial charge < -0.3 is 0 Å². The van der Waals surface area contributed by atoms with E-state index in [1.807, 2.05) is 6.07 Å². The van der Waals surface area contributed by atoms with Crippen LogP contribution in [0.1, 0.15) is 5.56 Å². The van der Waals surface area contributed by atoms with Gasteiger partial charge in [-0.25, -0.2) is 0 Å². The molecule has 3 nitrogen and oxygen atoms in total. The summed E-state index contributed by atoms with van der Waals surface area (Å²) >= 11 is 0. The van der Waals surface area contributed by atoms with Gasteiger partial charge in [0.05, 0.1) is 5.75 Å². The van der Waals surface area contributed by atoms with E-state index in [0.717, 1.165) is 5.56 Å². The molecule has 0 amide bonds. The first kappa shape index (κ1) is 9.22. The maximum atomic E-state index is 10.3. The third-order valence-electron chi connectivity index (χ3n) is 1.33. The van der Waals surface area contributed by atoms with Crippen molar-refractivity contribution < 1.29 is 13.0 Å². The van der Waals surface area contributed by atoms with Crippen LogP contribution in [0.15, 0.2) is 30.3 Å². The van der Waals surface area contributed by atoms with Gasteiger partial charge in [-0.2, -0.15) is 8.42 Å². The van der Waals surface area contributed by atoms with Gasteiger partial charge in [0.15, 0.2) is 0 Å². The summed E-state index contributed by atoms with van der Waals surface area (Å²) in [6, 6.07) is 8.98. The van der Waals surface area contributed by atoms with Crippen molar-refractivity contribution in [2.24, 2.45) is 0 Å². The lowest BCUT2D eigenvalue weighted by atomic mass is 10.2. The highest BCUT2D eigenvalue weighted by Crippen LogP contribution is 2.02. The minimum atomic E-state index is -3.88. The summed E-state index contributed by atoms with van der Waals surface area (Å²) < 4.78 is 29.1. The van der Waals surface area contributed by atoms with Gasteiger partial charge in [0.1, 0.15) is 0 Å². The minimum absolute atomic E-state index is 0.336. The average Bonchev–Trinajstić information content (AvgIpc) is 2.02. The molecular formula is C8H9O3S. The SMILES string of the molecule is O=S(=O)(O)C[CH]c1ccccc1. The molecule has 0 fully saturated rings. The Morgan fingerprint density at radius 3 is 2.33 bits per heavy atom. The van der Waals surface area contributed by atoms with Crippen molar-refractivity contribution in [3.05, 3.63) is 42.3 Å². The molecule has 0 aliphatic heterocycles. The molecule has 1 rings (SSSR count). The molecule has 0 saturated heterocycles. The Bertz CT molecular complexity index is 329. The first-order valence-corrected chi connectivity index (χ1v) is 5.02. The highest BCUT2D eigenvalue weighted by Gasteiger charge is 2.04. The molecule has 0 aliphatic rings. The second-order valence-corrected chi connectivity index (χ2v) is 3.86. The van der Waals surface area contributed by atoms with E-state index in [9.17, 15) is 8.42 Å². The molecule has 4 heteroatoms. The average molecular weight is 185 g/mol. The Balaban J connectivity index is 2.56. The Morgan fingerprint density at radius 1 is 1.25 bits per heavy atom. The van der Waals surface area contributed by atoms with Gasteiger partial charge in [-0.05, 0) is 5.56 Å². The molecule has 0 bridgehead atoms. The maximum Gasteiger partial charge on any atom is 0.265 e. The van der Waals surface area contributed by atoms with Gasteiger partial charge in [-0.3, -0.25) is 4.55 Å². The van der Waals surface area contributed by atoms with E-state index in [-0.39, 0.29) is 5.75 Å². The van der Waals surface area contributed by atoms with Crippen molar-refractivity contribution in [2.45, 2.75) is 0 Å². The molecule has 65 valence electrons. The third-order valence-corrected chi connectivity index (χ3v) is 1.92. The molecule has 0 saturated carbocycles. The zero-order valence-electron chi connectivity index (χ0n) is 6.34. The summed E-state index contributed by atoms with van der Waals surface area (Å²) in [5.41, 5.74) is 0.787. The zero-order valence-corrected chi connectivity index (χ0v) is 7.16. The molecule has 0 unspecified atom stereocenters. The van der Waals surface area contributed by atoms with Crippen molar-refractivity contribution in [3.8, 4) is 0 Å². The monoisotopic (exact) mass is 185 g/mol. The van der Waals surface area contributed by atoms with E-state index in [1.165, 1.54) is 6.42 Å². The van der Waals surface area contributed by atoms with E-state index in [4.69, 9.17) is 4.55 Å². The molecular weight excluding hydrogens is 176 g/mol. The Morgan fingerprint density at radius 2 is 1.83 bits per heavy atom. The number of hydrogen-bond acceptors (Lipinski definition) is 2. The fraction of sp³-hybridized carbons (Fsp3) is 0.125. The summed E-state index contributed by atoms with van der Waals surface area (Å²) in [6.07, 6.45) is 1.45. The Hall–Kier alpha value is -0.870. The van der Waals surface area contributed by atoms with Crippen molar-refractivity contribution in [3.63, 3.8) is 0 Å². The van der Waals surface area contributed by atoms with E-state index < -0.39 is 10.1 Å². The van der Waals surface area contributed by atoms with Crippen LogP contribution >= 0.6 is 0 Å². The normalized spacial score (nSPS) is 11.4. The Kier molecular flexibility index (Phi) is 2.83. The molecule has 1 N–H and O–H groups in total. The summed E-state index contributed by atoms with van der Waals surface area (Å²) in [5.74, 6) is -0.336. The predicted molar refractivity (Wildman–Crippen MR) is 46.3 cm³/mol. The van der Waals surface area contributed by atoms with Crippen LogP contribution in [0.3, 0.4) is 0 Å². The van der Waals surface area contributed by atoms with Gasteiger partial charge in [-0.1, -0.05) is 30.3 Å². The highest BCUT2D eigenvalue weighted by atomic mass is 32.2. The van der Waals surface area contributed by atoms with Crippen molar-refractivity contribution in [1.82, 2.24) is 0 Å². The lowest BCUT2D eigenvalue weighted by Gasteiger charge is -1.96. The number of benzene rings is 1. The van der Waals surface area contributed by atoms with Gasteiger partial charge in [0, 0.05) is 6.42 Å². The van der Waals surface area contributed by atoms with Crippen LogP contribution < -0.4 is 0 Å². The van der Waals surface area contributed by atoms with Crippen LogP contribution in [-0.2, 0) is 10.1 Å². The van der Waals surface area contributed by atoms with Gasteiger partial charge in [-0.15, -0.1) is 0 Å². The second-order valence-electron chi connectivity index (χ2n) is 2.36. The highest BCUT2D eigenvalue weighted by molar-refractivity contribution is 7.85. The summed E-state index contributed by atoms with van der Waals surface area (Å²) in [6.45, 7) is 0. The minimum Gasteiger partial charge on any atom is -0.286 e. The van der Waals surface area contributed by atoms with E-state index >= 15 is 0 Å². The van der Waals surface area contributed by atoms with Crippen molar-refractivity contribution in [1.29, 1.82) is 0 Å². The third kappa shape index (κ3) is 3.50. The molecule has 0 aliphatic carbocycles. The lowest BCUT2D eigenvalue weighted by molar-refractivity contribution is 0.486. The van der Waals surface area contributed by atoms with Gasteiger partial charge >= 0.3 is 0 Å². The van der Waals surface area contributed by atoms with Crippen LogP contribution in [0.2, 0.25) is 0 Å². The van der Waals surface area contributed by atoms with Crippen LogP contribution in [0.4, 0.5) is 0 Å². The van der Waals surface area contributed by atoms with Gasteiger partial charge in [0.2, 0.25) is 0 Å². The first-order valence-electron chi connectivity index (χ1n) is 3.41. The van der Waals surface area contributed by atoms with Crippen LogP contribution in [0.25, 0.3) is 0 Å². The standard InChI is InChI=1S/C8H9O3S/c9-12(10,11)7-6-8-4-2-1-3-5-8/h1-6H,7H2,(H,9,10,11). The second kappa shape index (κ2) is 3.69. The van der Waals surface area contributed by atoms with Crippen molar-refractivity contribution in [2.75, 3.05) is 5.75 Å². The van der Waals surface area contributed by atoms with Crippen LogP contribution in [-0.4, -0.2) is 18.7 Å². The lowest BCUT2D eigenvalue weighted by Crippen LogP contribution is -2.04. The molecule has 1 aromatic carbocycles. The van der Waals surface area contributed by atoms with E-state index in [1.54, 1.807) is 24.3 Å². The van der Waals surface area contributed by atoms with Crippen LogP contribution in [0, 0.1) is 6.42 Å². The smallest absolute Gasteiger partial charge is 0.265 e. The fourth-order valence-electron chi connectivity index (χ4n) is 0.791. The largest absolute Gasteiger partial charge is 0.286 e. The summed E-state index contributed by atoms with van der Waals surface area (Å²) in [4.78, 5) is 0. The van der Waals surface area contributed by atoms with Crippen LogP contribution in [0.5, 0.6) is 0 Å². The maximum absolute atomic E-state index is 10.3. The van der Waals surface area contributed by atoms with E-state index in [2.05, 4.69) is 0 Å². The number of rotatable bonds is 3. The molecule has 0 spiro atoms. The molecule has 0 heterocycles. The number of hydrogen-bond donors (Lipinski definition) is 1. The first-order chi connectivity index (χ1) is 5.58. The van der Waals surface area contributed by atoms with Gasteiger partial charge in [0.25, 0.3) is 10.1 Å². The summed E-state index contributed by atoms with van der Waals surface area (Å²) in [7, 11) is -3.88. The Labute approximate surface area is 71.8 Å². The molecule has 1 aromatic rings. The molecule has 0 atom stereocenters. The molecule has 1 radical (unpaired) electrons. The molecule has 12 heavy (non-hydrogen) atoms. The molecule has 0 aromatic heterocycles. The zero-order chi connectivity index (χ0) is 9.03. The fourth-order valence-corrected chi connectivity index (χ4v) is 1.19.